The van der Waals surface area contributed by atoms with E-state index >= 15 is 0 Å². The number of carbonyl (C=O) groups is 2. The maximum atomic E-state index is 12.1. The molecule has 22 heavy (non-hydrogen) atoms. The van der Waals surface area contributed by atoms with E-state index in [0.29, 0.717) is 6.42 Å². The van der Waals surface area contributed by atoms with E-state index in [2.05, 4.69) is 39.2 Å². The Balaban J connectivity index is 2.06. The van der Waals surface area contributed by atoms with Gasteiger partial charge >= 0.3 is 0 Å². The molecule has 4 atom stereocenters. The molecule has 0 radical (unpaired) electrons. The monoisotopic (exact) mass is 343 g/mol. The molecule has 1 N–H and O–H groups in total. The summed E-state index contributed by atoms with van der Waals surface area (Å²) in [5.41, 5.74) is 0. The van der Waals surface area contributed by atoms with Crippen molar-refractivity contribution in [1.29, 1.82) is 0 Å². The fourth-order valence-electron chi connectivity index (χ4n) is 2.90. The fraction of sp³-hybridized carbons (Fsp3) is 0.875. The first-order valence-corrected chi connectivity index (χ1v) is 12.1. The van der Waals surface area contributed by atoms with Crippen molar-refractivity contribution in [2.75, 3.05) is 5.75 Å². The Bertz CT molecular complexity index is 461. The second-order valence-electron chi connectivity index (χ2n) is 8.00. The van der Waals surface area contributed by atoms with Crippen LogP contribution in [0.25, 0.3) is 0 Å². The Morgan fingerprint density at radius 2 is 1.95 bits per heavy atom. The Kier molecular flexibility index (Phi) is 5.14. The van der Waals surface area contributed by atoms with Gasteiger partial charge in [-0.2, -0.15) is 0 Å². The van der Waals surface area contributed by atoms with Crippen molar-refractivity contribution in [3.8, 4) is 0 Å². The summed E-state index contributed by atoms with van der Waals surface area (Å²) >= 11 is 1.69. The van der Waals surface area contributed by atoms with Gasteiger partial charge < -0.3 is 9.74 Å². The maximum absolute atomic E-state index is 12.1. The van der Waals surface area contributed by atoms with Crippen molar-refractivity contribution < 1.29 is 14.0 Å². The first-order valence-electron chi connectivity index (χ1n) is 8.17. The van der Waals surface area contributed by atoms with E-state index in [1.807, 2.05) is 6.92 Å². The molecule has 0 unspecified atom stereocenters. The normalized spacial score (nSPS) is 31.5. The topological polar surface area (TPSA) is 55.4 Å². The van der Waals surface area contributed by atoms with Crippen LogP contribution >= 0.6 is 11.8 Å². The summed E-state index contributed by atoms with van der Waals surface area (Å²) in [6.07, 6.45) is 1.48. The van der Waals surface area contributed by atoms with Crippen molar-refractivity contribution in [2.24, 2.45) is 5.92 Å². The number of β-lactam (4-membered cyclic amide) rings is 1. The molecule has 126 valence electrons. The molecule has 0 aromatic carbocycles. The van der Waals surface area contributed by atoms with Gasteiger partial charge in [0.05, 0.1) is 23.3 Å². The first-order chi connectivity index (χ1) is 10.0. The van der Waals surface area contributed by atoms with Gasteiger partial charge in [-0.3, -0.25) is 9.59 Å². The lowest BCUT2D eigenvalue weighted by molar-refractivity contribution is -0.141. The lowest BCUT2D eigenvalue weighted by Crippen LogP contribution is -2.68. The highest BCUT2D eigenvalue weighted by Gasteiger charge is 2.51. The zero-order valence-corrected chi connectivity index (χ0v) is 16.4. The molecule has 2 fully saturated rings. The largest absolute Gasteiger partial charge is 0.413 e. The van der Waals surface area contributed by atoms with Crippen LogP contribution in [-0.2, 0) is 14.0 Å². The summed E-state index contributed by atoms with van der Waals surface area (Å²) < 4.78 is 6.39. The molecule has 2 aliphatic rings. The van der Waals surface area contributed by atoms with Gasteiger partial charge in [0, 0.05) is 6.42 Å². The number of Topliss-reactive ketones (excluding diaryl/α,β-unsaturated/α-hetero) is 1. The van der Waals surface area contributed by atoms with Gasteiger partial charge in [0.25, 0.3) is 0 Å². The summed E-state index contributed by atoms with van der Waals surface area (Å²) in [4.78, 5) is 24.2. The predicted octanol–water partition coefficient (Wildman–Crippen LogP) is 2.98. The van der Waals surface area contributed by atoms with E-state index in [9.17, 15) is 9.59 Å². The highest BCUT2D eigenvalue weighted by Crippen LogP contribution is 2.40. The number of hydrogen-bond acceptors (Lipinski definition) is 4. The van der Waals surface area contributed by atoms with E-state index in [-0.39, 0.29) is 40.0 Å². The first kappa shape index (κ1) is 18.0. The van der Waals surface area contributed by atoms with Crippen LogP contribution in [0.5, 0.6) is 0 Å². The average Bonchev–Trinajstić information content (AvgIpc) is 2.34. The van der Waals surface area contributed by atoms with Crippen molar-refractivity contribution >= 4 is 31.8 Å². The Morgan fingerprint density at radius 3 is 2.45 bits per heavy atom. The Morgan fingerprint density at radius 1 is 1.32 bits per heavy atom. The molecular formula is C16H29NO3SSi. The number of nitrogens with one attached hydrogen (secondary N) is 1. The summed E-state index contributed by atoms with van der Waals surface area (Å²) in [7, 11) is -1.91. The highest BCUT2D eigenvalue weighted by atomic mass is 32.2. The Hall–Kier alpha value is -0.333. The third-order valence-corrected chi connectivity index (χ3v) is 11.3. The molecule has 6 heteroatoms. The zero-order chi connectivity index (χ0) is 16.7. The molecule has 0 aromatic heterocycles. The van der Waals surface area contributed by atoms with Crippen LogP contribution in [0.4, 0.5) is 0 Å². The number of thioether (sulfide) groups is 1. The second-order valence-corrected chi connectivity index (χ2v) is 14.0. The number of rotatable bonds is 4. The lowest BCUT2D eigenvalue weighted by atomic mass is 9.82. The standard InChI is InChI=1S/C16H29NO3SSi/c1-10(20-22(5,6)16(2,3)4)12-13(17-15(12)19)14-11(18)8-7-9-21-14/h10,12-14H,7-9H2,1-6H3,(H,17,19)/t10-,12-,13+,14+/m1/s1. The number of hydrogen-bond donors (Lipinski definition) is 1. The van der Waals surface area contributed by atoms with Gasteiger partial charge in [-0.1, -0.05) is 20.8 Å². The summed E-state index contributed by atoms with van der Waals surface area (Å²) in [5.74, 6) is 1.14. The third-order valence-electron chi connectivity index (χ3n) is 5.30. The summed E-state index contributed by atoms with van der Waals surface area (Å²) in [6.45, 7) is 13.0. The lowest BCUT2D eigenvalue weighted by Gasteiger charge is -2.47. The van der Waals surface area contributed by atoms with E-state index in [1.165, 1.54) is 0 Å². The molecule has 0 aromatic rings. The second kappa shape index (κ2) is 6.28. The molecule has 2 heterocycles. The average molecular weight is 344 g/mol. The Labute approximate surface area is 139 Å². The van der Waals surface area contributed by atoms with Crippen LogP contribution in [0.2, 0.25) is 18.1 Å². The van der Waals surface area contributed by atoms with Gasteiger partial charge in [0.1, 0.15) is 5.78 Å². The molecule has 0 spiro atoms. The molecule has 0 bridgehead atoms. The molecular weight excluding hydrogens is 314 g/mol. The quantitative estimate of drug-likeness (QED) is 0.630. The number of ketones is 1. The SMILES string of the molecule is C[C@@H](O[Si](C)(C)C(C)(C)C)[C@H]1C(=O)N[C@@H]1[C@H]1SCCCC1=O. The smallest absolute Gasteiger partial charge is 0.228 e. The van der Waals surface area contributed by atoms with Crippen LogP contribution in [-0.4, -0.2) is 43.2 Å². The van der Waals surface area contributed by atoms with Crippen LogP contribution in [0.15, 0.2) is 0 Å². The predicted molar refractivity (Wildman–Crippen MR) is 93.7 cm³/mol. The van der Waals surface area contributed by atoms with Crippen LogP contribution in [0.3, 0.4) is 0 Å². The molecule has 0 saturated carbocycles. The molecule has 2 saturated heterocycles. The molecule has 0 aliphatic carbocycles. The third kappa shape index (κ3) is 3.43. The minimum absolute atomic E-state index is 0.0372. The van der Waals surface area contributed by atoms with E-state index in [4.69, 9.17) is 4.43 Å². The van der Waals surface area contributed by atoms with E-state index in [1.54, 1.807) is 11.8 Å². The van der Waals surface area contributed by atoms with Crippen molar-refractivity contribution in [3.63, 3.8) is 0 Å². The van der Waals surface area contributed by atoms with Gasteiger partial charge in [-0.15, -0.1) is 11.8 Å². The van der Waals surface area contributed by atoms with Gasteiger partial charge in [-0.05, 0) is 37.2 Å². The minimum atomic E-state index is -1.91. The number of amides is 1. The zero-order valence-electron chi connectivity index (χ0n) is 14.6. The van der Waals surface area contributed by atoms with Crippen LogP contribution < -0.4 is 5.32 Å². The van der Waals surface area contributed by atoms with Gasteiger partial charge in [0.2, 0.25) is 5.91 Å². The van der Waals surface area contributed by atoms with Crippen LogP contribution in [0.1, 0.15) is 40.5 Å². The molecule has 2 rings (SSSR count). The molecule has 4 nitrogen and oxygen atoms in total. The van der Waals surface area contributed by atoms with Crippen molar-refractivity contribution in [3.05, 3.63) is 0 Å². The van der Waals surface area contributed by atoms with Gasteiger partial charge in [0.15, 0.2) is 8.32 Å². The van der Waals surface area contributed by atoms with Gasteiger partial charge in [-0.25, -0.2) is 0 Å². The maximum Gasteiger partial charge on any atom is 0.228 e. The number of carbonyl (C=O) groups excluding carboxylic acids is 2. The highest BCUT2D eigenvalue weighted by molar-refractivity contribution is 8.00. The van der Waals surface area contributed by atoms with E-state index < -0.39 is 8.32 Å². The molecule has 1 amide bonds. The molecule has 2 aliphatic heterocycles. The minimum Gasteiger partial charge on any atom is -0.413 e. The van der Waals surface area contributed by atoms with Crippen molar-refractivity contribution in [2.45, 2.75) is 76.1 Å². The summed E-state index contributed by atoms with van der Waals surface area (Å²) in [6, 6.07) is -0.0509. The summed E-state index contributed by atoms with van der Waals surface area (Å²) in [5, 5.41) is 2.99. The van der Waals surface area contributed by atoms with Crippen LogP contribution in [0, 0.1) is 5.92 Å². The fourth-order valence-corrected chi connectivity index (χ4v) is 5.64. The van der Waals surface area contributed by atoms with Crippen molar-refractivity contribution in [1.82, 2.24) is 5.32 Å². The van der Waals surface area contributed by atoms with E-state index in [0.717, 1.165) is 12.2 Å².